The topological polar surface area (TPSA) is 73.2 Å². The van der Waals surface area contributed by atoms with Gasteiger partial charge in [-0.25, -0.2) is 4.98 Å². The average molecular weight is 417 g/mol. The van der Waals surface area contributed by atoms with E-state index in [0.717, 1.165) is 16.7 Å². The quantitative estimate of drug-likeness (QED) is 0.659. The summed E-state index contributed by atoms with van der Waals surface area (Å²) in [7, 11) is 0. The first kappa shape index (κ1) is 21.1. The highest BCUT2D eigenvalue weighted by Crippen LogP contribution is 2.30. The Bertz CT molecular complexity index is 1080. The number of amides is 1. The first-order valence-corrected chi connectivity index (χ1v) is 9.03. The van der Waals surface area contributed by atoms with Crippen molar-refractivity contribution in [3.05, 3.63) is 76.8 Å². The van der Waals surface area contributed by atoms with Crippen LogP contribution in [0.4, 0.5) is 18.9 Å². The number of hydrogen-bond donors (Lipinski definition) is 1. The summed E-state index contributed by atoms with van der Waals surface area (Å²) in [4.78, 5) is 28.6. The molecule has 1 N–H and O–H groups in total. The average Bonchev–Trinajstić information content (AvgIpc) is 2.71. The Kier molecular flexibility index (Phi) is 6.20. The van der Waals surface area contributed by atoms with Crippen LogP contribution in [0.1, 0.15) is 12.5 Å². The third kappa shape index (κ3) is 5.25. The van der Waals surface area contributed by atoms with Gasteiger partial charge in [0.1, 0.15) is 12.3 Å². The van der Waals surface area contributed by atoms with Crippen molar-refractivity contribution in [3.8, 4) is 17.0 Å². The van der Waals surface area contributed by atoms with Gasteiger partial charge in [-0.15, -0.1) is 0 Å². The maximum absolute atomic E-state index is 12.7. The zero-order valence-corrected chi connectivity index (χ0v) is 15.9. The summed E-state index contributed by atoms with van der Waals surface area (Å²) in [5, 5.41) is 2.67. The molecule has 0 bridgehead atoms. The molecule has 9 heteroatoms. The van der Waals surface area contributed by atoms with Crippen molar-refractivity contribution in [1.82, 2.24) is 9.55 Å². The van der Waals surface area contributed by atoms with Gasteiger partial charge in [0.25, 0.3) is 5.56 Å². The number of carbonyl (C=O) groups excluding carboxylic acids is 1. The van der Waals surface area contributed by atoms with E-state index in [1.807, 2.05) is 6.92 Å². The Morgan fingerprint density at radius 3 is 2.33 bits per heavy atom. The second-order valence-corrected chi connectivity index (χ2v) is 6.32. The third-order valence-electron chi connectivity index (χ3n) is 4.15. The molecule has 1 heterocycles. The summed E-state index contributed by atoms with van der Waals surface area (Å²) in [6.45, 7) is 2.14. The molecule has 3 rings (SSSR count). The summed E-state index contributed by atoms with van der Waals surface area (Å²) in [5.74, 6) is 0.250. The predicted molar refractivity (Wildman–Crippen MR) is 105 cm³/mol. The standard InChI is InChI=1S/C21H18F3N3O3/c1-2-30-17-9-7-16(8-10-17)26-19(28)12-27-13-25-18(11-20(27)29)14-3-5-15(6-4-14)21(22,23)24/h3-11,13H,2,12H2,1H3,(H,26,28). The Balaban J connectivity index is 1.67. The highest BCUT2D eigenvalue weighted by molar-refractivity contribution is 5.90. The fourth-order valence-corrected chi connectivity index (χ4v) is 2.69. The van der Waals surface area contributed by atoms with Gasteiger partial charge < -0.3 is 10.1 Å². The van der Waals surface area contributed by atoms with Crippen molar-refractivity contribution in [1.29, 1.82) is 0 Å². The zero-order chi connectivity index (χ0) is 21.7. The fraction of sp³-hybridized carbons (Fsp3) is 0.190. The van der Waals surface area contributed by atoms with E-state index in [4.69, 9.17) is 4.74 Å². The monoisotopic (exact) mass is 417 g/mol. The zero-order valence-electron chi connectivity index (χ0n) is 15.9. The first-order valence-electron chi connectivity index (χ1n) is 9.03. The summed E-state index contributed by atoms with van der Waals surface area (Å²) in [5.41, 5.74) is -0.152. The van der Waals surface area contributed by atoms with Crippen molar-refractivity contribution < 1.29 is 22.7 Å². The molecule has 0 aliphatic rings. The lowest BCUT2D eigenvalue weighted by molar-refractivity contribution is -0.137. The number of carbonyl (C=O) groups is 1. The van der Waals surface area contributed by atoms with Gasteiger partial charge in [0.05, 0.1) is 24.2 Å². The van der Waals surface area contributed by atoms with Gasteiger partial charge in [-0.05, 0) is 43.3 Å². The first-order chi connectivity index (χ1) is 14.3. The molecule has 0 saturated carbocycles. The third-order valence-corrected chi connectivity index (χ3v) is 4.15. The molecule has 0 fully saturated rings. The molecule has 3 aromatic rings. The van der Waals surface area contributed by atoms with Crippen molar-refractivity contribution in [2.45, 2.75) is 19.6 Å². The van der Waals surface area contributed by atoms with Gasteiger partial charge in [-0.2, -0.15) is 13.2 Å². The van der Waals surface area contributed by atoms with Crippen LogP contribution in [-0.2, 0) is 17.5 Å². The lowest BCUT2D eigenvalue weighted by Crippen LogP contribution is -2.27. The number of alkyl halides is 3. The van der Waals surface area contributed by atoms with E-state index in [9.17, 15) is 22.8 Å². The molecule has 0 radical (unpaired) electrons. The van der Waals surface area contributed by atoms with E-state index >= 15 is 0 Å². The molecule has 0 spiro atoms. The minimum absolute atomic E-state index is 0.219. The number of ether oxygens (including phenoxy) is 1. The smallest absolute Gasteiger partial charge is 0.416 e. The van der Waals surface area contributed by atoms with E-state index in [-0.39, 0.29) is 12.2 Å². The predicted octanol–water partition coefficient (Wildman–Crippen LogP) is 3.97. The van der Waals surface area contributed by atoms with Crippen LogP contribution in [-0.4, -0.2) is 22.1 Å². The molecule has 156 valence electrons. The molecular weight excluding hydrogens is 399 g/mol. The highest BCUT2D eigenvalue weighted by Gasteiger charge is 2.30. The van der Waals surface area contributed by atoms with Crippen LogP contribution in [0.3, 0.4) is 0 Å². The number of benzene rings is 2. The number of nitrogens with one attached hydrogen (secondary N) is 1. The van der Waals surface area contributed by atoms with E-state index in [1.165, 1.54) is 24.5 Å². The second kappa shape index (κ2) is 8.81. The number of anilines is 1. The Morgan fingerprint density at radius 2 is 1.77 bits per heavy atom. The summed E-state index contributed by atoms with van der Waals surface area (Å²) >= 11 is 0. The summed E-state index contributed by atoms with van der Waals surface area (Å²) < 4.78 is 44.4. The minimum atomic E-state index is -4.44. The normalized spacial score (nSPS) is 11.2. The van der Waals surface area contributed by atoms with Crippen LogP contribution in [0.15, 0.2) is 65.7 Å². The molecule has 1 aromatic heterocycles. The maximum Gasteiger partial charge on any atom is 0.416 e. The molecule has 0 unspecified atom stereocenters. The van der Waals surface area contributed by atoms with Crippen molar-refractivity contribution >= 4 is 11.6 Å². The van der Waals surface area contributed by atoms with Crippen molar-refractivity contribution in [3.63, 3.8) is 0 Å². The molecule has 6 nitrogen and oxygen atoms in total. The van der Waals surface area contributed by atoms with Crippen LogP contribution < -0.4 is 15.6 Å². The molecule has 0 aliphatic carbocycles. The van der Waals surface area contributed by atoms with Gasteiger partial charge >= 0.3 is 6.18 Å². The Hall–Kier alpha value is -3.62. The molecule has 1 amide bonds. The van der Waals surface area contributed by atoms with Crippen LogP contribution >= 0.6 is 0 Å². The van der Waals surface area contributed by atoms with Gasteiger partial charge in [0, 0.05) is 17.3 Å². The minimum Gasteiger partial charge on any atom is -0.494 e. The molecule has 0 saturated heterocycles. The van der Waals surface area contributed by atoms with E-state index in [2.05, 4.69) is 10.3 Å². The number of aromatic nitrogens is 2. The lowest BCUT2D eigenvalue weighted by Gasteiger charge is -2.10. The maximum atomic E-state index is 12.7. The van der Waals surface area contributed by atoms with Crippen LogP contribution in [0.25, 0.3) is 11.3 Å². The van der Waals surface area contributed by atoms with Crippen molar-refractivity contribution in [2.75, 3.05) is 11.9 Å². The van der Waals surface area contributed by atoms with E-state index in [0.29, 0.717) is 23.6 Å². The number of nitrogens with zero attached hydrogens (tertiary/aromatic N) is 2. The highest BCUT2D eigenvalue weighted by atomic mass is 19.4. The van der Waals surface area contributed by atoms with Gasteiger partial charge in [0.2, 0.25) is 5.91 Å². The molecule has 0 atom stereocenters. The Labute approximate surface area is 170 Å². The van der Waals surface area contributed by atoms with Gasteiger partial charge in [-0.1, -0.05) is 12.1 Å². The lowest BCUT2D eigenvalue weighted by atomic mass is 10.1. The number of rotatable bonds is 6. The summed E-state index contributed by atoms with van der Waals surface area (Å²) in [6, 6.07) is 12.3. The van der Waals surface area contributed by atoms with Crippen LogP contribution in [0, 0.1) is 0 Å². The molecule has 2 aromatic carbocycles. The summed E-state index contributed by atoms with van der Waals surface area (Å²) in [6.07, 6.45) is -3.25. The van der Waals surface area contributed by atoms with Crippen LogP contribution in [0.5, 0.6) is 5.75 Å². The number of halogens is 3. The second-order valence-electron chi connectivity index (χ2n) is 6.32. The van der Waals surface area contributed by atoms with E-state index in [1.54, 1.807) is 24.3 Å². The van der Waals surface area contributed by atoms with E-state index < -0.39 is 23.2 Å². The van der Waals surface area contributed by atoms with Gasteiger partial charge in [0.15, 0.2) is 0 Å². The molecular formula is C21H18F3N3O3. The Morgan fingerprint density at radius 1 is 1.10 bits per heavy atom. The van der Waals surface area contributed by atoms with Crippen molar-refractivity contribution in [2.24, 2.45) is 0 Å². The van der Waals surface area contributed by atoms with Crippen LogP contribution in [0.2, 0.25) is 0 Å². The van der Waals surface area contributed by atoms with Gasteiger partial charge in [-0.3, -0.25) is 14.2 Å². The largest absolute Gasteiger partial charge is 0.494 e. The molecule has 0 aliphatic heterocycles. The molecule has 30 heavy (non-hydrogen) atoms. The SMILES string of the molecule is CCOc1ccc(NC(=O)Cn2cnc(-c3ccc(C(F)(F)F)cc3)cc2=O)cc1. The number of hydrogen-bond acceptors (Lipinski definition) is 4. The fourth-order valence-electron chi connectivity index (χ4n) is 2.69.